The molecule has 0 atom stereocenters. The van der Waals surface area contributed by atoms with E-state index in [1.807, 2.05) is 20.8 Å². The van der Waals surface area contributed by atoms with Gasteiger partial charge in [-0.15, -0.1) is 11.3 Å². The molecule has 0 radical (unpaired) electrons. The van der Waals surface area contributed by atoms with Gasteiger partial charge in [0.15, 0.2) is 10.8 Å². The number of rotatable bonds is 5. The number of amides is 1. The standard InChI is InChI=1S/C16H25F3N4O2S/c1-15(2,3)25-14(24)23-9-7-22(8-10-23)6-4-5-20-13-21-12(11-26-13)16(17,18)19/h11H,4-10H2,1-3H3,(H,20,21). The van der Waals surface area contributed by atoms with Gasteiger partial charge in [-0.3, -0.25) is 4.90 Å². The monoisotopic (exact) mass is 394 g/mol. The fourth-order valence-electron chi connectivity index (χ4n) is 2.46. The molecule has 1 fully saturated rings. The zero-order valence-electron chi connectivity index (χ0n) is 15.2. The van der Waals surface area contributed by atoms with Crippen molar-refractivity contribution >= 4 is 22.6 Å². The second-order valence-electron chi connectivity index (χ2n) is 7.13. The Balaban J connectivity index is 1.63. The van der Waals surface area contributed by atoms with E-state index in [1.54, 1.807) is 4.90 Å². The molecule has 0 bridgehead atoms. The van der Waals surface area contributed by atoms with Crippen molar-refractivity contribution in [1.82, 2.24) is 14.8 Å². The van der Waals surface area contributed by atoms with Crippen molar-refractivity contribution < 1.29 is 22.7 Å². The van der Waals surface area contributed by atoms with Crippen LogP contribution in [0.25, 0.3) is 0 Å². The summed E-state index contributed by atoms with van der Waals surface area (Å²) in [5, 5.41) is 4.22. The maximum atomic E-state index is 12.5. The fraction of sp³-hybridized carbons (Fsp3) is 0.750. The maximum absolute atomic E-state index is 12.5. The van der Waals surface area contributed by atoms with Crippen LogP contribution in [0.4, 0.5) is 23.1 Å². The minimum Gasteiger partial charge on any atom is -0.444 e. The number of alkyl halides is 3. The normalized spacial score (nSPS) is 16.6. The number of halogens is 3. The molecule has 1 N–H and O–H groups in total. The molecule has 0 unspecified atom stereocenters. The summed E-state index contributed by atoms with van der Waals surface area (Å²) in [5.74, 6) is 0. The Morgan fingerprint density at radius 3 is 2.46 bits per heavy atom. The lowest BCUT2D eigenvalue weighted by Crippen LogP contribution is -2.50. The third-order valence-electron chi connectivity index (χ3n) is 3.75. The van der Waals surface area contributed by atoms with Gasteiger partial charge in [-0.25, -0.2) is 9.78 Å². The van der Waals surface area contributed by atoms with Crippen molar-refractivity contribution in [2.75, 3.05) is 44.6 Å². The van der Waals surface area contributed by atoms with Gasteiger partial charge in [-0.1, -0.05) is 0 Å². The van der Waals surface area contributed by atoms with E-state index in [2.05, 4.69) is 15.2 Å². The van der Waals surface area contributed by atoms with E-state index in [4.69, 9.17) is 4.74 Å². The highest BCUT2D eigenvalue weighted by molar-refractivity contribution is 7.13. The van der Waals surface area contributed by atoms with Crippen molar-refractivity contribution in [2.45, 2.75) is 39.0 Å². The topological polar surface area (TPSA) is 57.7 Å². The molecule has 0 spiro atoms. The van der Waals surface area contributed by atoms with E-state index in [0.717, 1.165) is 42.8 Å². The SMILES string of the molecule is CC(C)(C)OC(=O)N1CCN(CCCNc2nc(C(F)(F)F)cs2)CC1. The van der Waals surface area contributed by atoms with E-state index in [-0.39, 0.29) is 11.2 Å². The average Bonchev–Trinajstić information content (AvgIpc) is 2.99. The van der Waals surface area contributed by atoms with Crippen LogP contribution >= 0.6 is 11.3 Å². The molecule has 0 aromatic carbocycles. The van der Waals surface area contributed by atoms with Crippen LogP contribution in [0.1, 0.15) is 32.9 Å². The highest BCUT2D eigenvalue weighted by atomic mass is 32.1. The molecule has 1 aromatic heterocycles. The number of anilines is 1. The number of hydrogen-bond acceptors (Lipinski definition) is 6. The number of thiazole rings is 1. The summed E-state index contributed by atoms with van der Waals surface area (Å²) in [7, 11) is 0. The van der Waals surface area contributed by atoms with Crippen LogP contribution in [-0.4, -0.2) is 65.7 Å². The van der Waals surface area contributed by atoms with Crippen LogP contribution in [0, 0.1) is 0 Å². The van der Waals surface area contributed by atoms with Crippen molar-refractivity contribution in [3.05, 3.63) is 11.1 Å². The number of carbonyl (C=O) groups is 1. The number of ether oxygens (including phenoxy) is 1. The van der Waals surface area contributed by atoms with Crippen LogP contribution in [-0.2, 0) is 10.9 Å². The van der Waals surface area contributed by atoms with E-state index in [1.165, 1.54) is 0 Å². The van der Waals surface area contributed by atoms with E-state index >= 15 is 0 Å². The van der Waals surface area contributed by atoms with Gasteiger partial charge in [0.25, 0.3) is 0 Å². The maximum Gasteiger partial charge on any atom is 0.434 e. The molecule has 26 heavy (non-hydrogen) atoms. The first-order valence-corrected chi connectivity index (χ1v) is 9.39. The molecular formula is C16H25F3N4O2S. The lowest BCUT2D eigenvalue weighted by molar-refractivity contribution is -0.140. The summed E-state index contributed by atoms with van der Waals surface area (Å²) in [6.07, 6.45) is -3.90. The van der Waals surface area contributed by atoms with Gasteiger partial charge in [-0.05, 0) is 33.7 Å². The van der Waals surface area contributed by atoms with Gasteiger partial charge in [0.2, 0.25) is 0 Å². The Labute approximate surface area is 155 Å². The van der Waals surface area contributed by atoms with Gasteiger partial charge < -0.3 is 15.0 Å². The van der Waals surface area contributed by atoms with Crippen LogP contribution in [0.3, 0.4) is 0 Å². The quantitative estimate of drug-likeness (QED) is 0.775. The van der Waals surface area contributed by atoms with Gasteiger partial charge in [-0.2, -0.15) is 13.2 Å². The van der Waals surface area contributed by atoms with Gasteiger partial charge in [0.05, 0.1) is 0 Å². The fourth-order valence-corrected chi connectivity index (χ4v) is 3.21. The highest BCUT2D eigenvalue weighted by Crippen LogP contribution is 2.31. The molecule has 6 nitrogen and oxygen atoms in total. The third-order valence-corrected chi connectivity index (χ3v) is 4.55. The number of nitrogens with zero attached hydrogens (tertiary/aromatic N) is 3. The molecule has 10 heteroatoms. The summed E-state index contributed by atoms with van der Waals surface area (Å²) in [4.78, 5) is 19.5. The Morgan fingerprint density at radius 2 is 1.92 bits per heavy atom. The average molecular weight is 394 g/mol. The summed E-state index contributed by atoms with van der Waals surface area (Å²) in [6, 6.07) is 0. The lowest BCUT2D eigenvalue weighted by Gasteiger charge is -2.35. The van der Waals surface area contributed by atoms with Crippen LogP contribution in [0.5, 0.6) is 0 Å². The summed E-state index contributed by atoms with van der Waals surface area (Å²) in [6.45, 7) is 9.64. The van der Waals surface area contributed by atoms with Crippen molar-refractivity contribution in [3.8, 4) is 0 Å². The molecule has 0 aliphatic carbocycles. The number of aromatic nitrogens is 1. The molecule has 2 heterocycles. The minimum absolute atomic E-state index is 0.284. The molecule has 1 aliphatic rings. The van der Waals surface area contributed by atoms with Gasteiger partial charge >= 0.3 is 12.3 Å². The molecule has 1 aromatic rings. The Hall–Kier alpha value is -1.55. The van der Waals surface area contributed by atoms with E-state index in [9.17, 15) is 18.0 Å². The zero-order chi connectivity index (χ0) is 19.4. The summed E-state index contributed by atoms with van der Waals surface area (Å²) >= 11 is 0.956. The van der Waals surface area contributed by atoms with E-state index < -0.39 is 17.5 Å². The Bertz CT molecular complexity index is 593. The van der Waals surface area contributed by atoms with E-state index in [0.29, 0.717) is 19.6 Å². The highest BCUT2D eigenvalue weighted by Gasteiger charge is 2.33. The Kier molecular flexibility index (Phi) is 6.73. The smallest absolute Gasteiger partial charge is 0.434 e. The predicted octanol–water partition coefficient (Wildman–Crippen LogP) is 3.52. The summed E-state index contributed by atoms with van der Waals surface area (Å²) < 4.78 is 42.8. The number of piperazine rings is 1. The first kappa shape index (κ1) is 20.8. The zero-order valence-corrected chi connectivity index (χ0v) is 16.0. The number of hydrogen-bond donors (Lipinski definition) is 1. The van der Waals surface area contributed by atoms with Gasteiger partial charge in [0.1, 0.15) is 5.60 Å². The van der Waals surface area contributed by atoms with Crippen molar-refractivity contribution in [1.29, 1.82) is 0 Å². The second-order valence-corrected chi connectivity index (χ2v) is 7.98. The van der Waals surface area contributed by atoms with Crippen LogP contribution in [0.2, 0.25) is 0 Å². The van der Waals surface area contributed by atoms with Crippen LogP contribution < -0.4 is 5.32 Å². The number of nitrogens with one attached hydrogen (secondary N) is 1. The van der Waals surface area contributed by atoms with Crippen molar-refractivity contribution in [2.24, 2.45) is 0 Å². The lowest BCUT2D eigenvalue weighted by atomic mass is 10.2. The predicted molar refractivity (Wildman–Crippen MR) is 94.5 cm³/mol. The molecule has 1 aliphatic heterocycles. The molecule has 2 rings (SSSR count). The molecule has 0 saturated carbocycles. The summed E-state index contributed by atoms with van der Waals surface area (Å²) in [5.41, 5.74) is -1.36. The largest absolute Gasteiger partial charge is 0.444 e. The minimum atomic E-state index is -4.40. The first-order chi connectivity index (χ1) is 12.0. The van der Waals surface area contributed by atoms with Crippen molar-refractivity contribution in [3.63, 3.8) is 0 Å². The molecule has 1 saturated heterocycles. The molecule has 148 valence electrons. The molecular weight excluding hydrogens is 369 g/mol. The Morgan fingerprint density at radius 1 is 1.27 bits per heavy atom. The third kappa shape index (κ3) is 6.64. The number of carbonyl (C=O) groups excluding carboxylic acids is 1. The van der Waals surface area contributed by atoms with Crippen LogP contribution in [0.15, 0.2) is 5.38 Å². The van der Waals surface area contributed by atoms with Gasteiger partial charge in [0, 0.05) is 38.1 Å². The molecule has 1 amide bonds. The first-order valence-electron chi connectivity index (χ1n) is 8.51. The second kappa shape index (κ2) is 8.43.